The van der Waals surface area contributed by atoms with Crippen LogP contribution in [0.25, 0.3) is 0 Å². The monoisotopic (exact) mass is 1010 g/mol. The molecule has 46 heavy (non-hydrogen) atoms. The Kier molecular flexibility index (Phi) is 26.3. The molecule has 0 bridgehead atoms. The Morgan fingerprint density at radius 2 is 0.717 bits per heavy atom. The summed E-state index contributed by atoms with van der Waals surface area (Å²) in [5.41, 5.74) is 0. The maximum atomic E-state index is 13.0. The number of rotatable bonds is 27. The van der Waals surface area contributed by atoms with Gasteiger partial charge in [-0.05, 0) is 0 Å². The first-order valence-electron chi connectivity index (χ1n) is 16.1. The number of halogens is 2. The van der Waals surface area contributed by atoms with Gasteiger partial charge in [0.25, 0.3) is 0 Å². The fourth-order valence-corrected chi connectivity index (χ4v) is 31.5. The van der Waals surface area contributed by atoms with Gasteiger partial charge in [-0.2, -0.15) is 0 Å². The molecule has 0 heterocycles. The normalized spacial score (nSPS) is 14.6. The van der Waals surface area contributed by atoms with Gasteiger partial charge in [-0.3, -0.25) is 0 Å². The molecular weight excluding hydrogens is 950 g/mol. The van der Waals surface area contributed by atoms with Gasteiger partial charge in [0.05, 0.1) is 0 Å². The molecule has 4 atom stereocenters. The third-order valence-corrected chi connectivity index (χ3v) is 36.8. The summed E-state index contributed by atoms with van der Waals surface area (Å²) in [6.07, 6.45) is 1.77. The van der Waals surface area contributed by atoms with E-state index in [1.807, 2.05) is 0 Å². The van der Waals surface area contributed by atoms with Crippen LogP contribution in [0.15, 0.2) is 0 Å². The van der Waals surface area contributed by atoms with E-state index in [1.54, 1.807) is 0 Å². The summed E-state index contributed by atoms with van der Waals surface area (Å²) < 4.78 is 47.7. The first kappa shape index (κ1) is 46.3. The average Bonchev–Trinajstić information content (AvgIpc) is 3.06. The van der Waals surface area contributed by atoms with Crippen molar-refractivity contribution in [1.82, 2.24) is 0 Å². The summed E-state index contributed by atoms with van der Waals surface area (Å²) in [5, 5.41) is 0. The molecule has 0 radical (unpaired) electrons. The Labute approximate surface area is 296 Å². The summed E-state index contributed by atoms with van der Waals surface area (Å²) in [7, 11) is 4.79. The van der Waals surface area contributed by atoms with Crippen molar-refractivity contribution < 1.29 is 53.7 Å². The molecule has 0 aromatic heterocycles. The van der Waals surface area contributed by atoms with Gasteiger partial charge in [0.1, 0.15) is 0 Å². The zero-order valence-electron chi connectivity index (χ0n) is 28.9. The average molecular weight is 1010 g/mol. The van der Waals surface area contributed by atoms with Crippen molar-refractivity contribution in [2.24, 2.45) is 0 Å². The van der Waals surface area contributed by atoms with Gasteiger partial charge in [0.15, 0.2) is 0 Å². The zero-order chi connectivity index (χ0) is 35.2. The molecule has 0 saturated heterocycles. The number of hydrogen-bond donors (Lipinski definition) is 0. The van der Waals surface area contributed by atoms with E-state index in [0.29, 0.717) is 0 Å². The molecule has 0 aliphatic rings. The summed E-state index contributed by atoms with van der Waals surface area (Å²) >= 11 is 0.679. The summed E-state index contributed by atoms with van der Waals surface area (Å²) in [5.74, 6) is -3.19. The third kappa shape index (κ3) is 17.3. The van der Waals surface area contributed by atoms with E-state index in [-0.39, 0.29) is 13.2 Å². The van der Waals surface area contributed by atoms with Crippen LogP contribution in [0.3, 0.4) is 0 Å². The number of esters is 4. The molecule has 0 rings (SSSR count). The molecule has 0 saturated carbocycles. The van der Waals surface area contributed by atoms with Crippen molar-refractivity contribution in [1.29, 1.82) is 0 Å². The molecule has 0 aliphatic heterocycles. The Morgan fingerprint density at radius 1 is 0.478 bits per heavy atom. The Balaban J connectivity index is 6.12. The predicted octanol–water partition coefficient (Wildman–Crippen LogP) is 6.09. The molecule has 0 N–H and O–H groups in total. The van der Waals surface area contributed by atoms with E-state index in [0.717, 1.165) is 69.1 Å². The Hall–Kier alpha value is 0.277. The third-order valence-electron chi connectivity index (χ3n) is 7.25. The summed E-state index contributed by atoms with van der Waals surface area (Å²) in [6, 6.07) is 0. The van der Waals surface area contributed by atoms with Crippen molar-refractivity contribution in [3.8, 4) is 0 Å². The number of unbranched alkanes of at least 4 members (excludes halogenated alkanes) is 4. The van der Waals surface area contributed by atoms with E-state index in [2.05, 4.69) is 53.1 Å². The van der Waals surface area contributed by atoms with Crippen LogP contribution in [0.2, 0.25) is 17.7 Å². The molecular formula is C30H56Br2O12Sn2. The van der Waals surface area contributed by atoms with Crippen LogP contribution in [0, 0.1) is 0 Å². The standard InChI is InChI=1S/C14H20O12.4C4H9.2BrH.2Sn/c1-21-11(17)7(15)9(13(19)23-3)25-5-6-26-10(14(20)24-4)8(16)12(18)22-2;4*1-3-4-2;;;;/h7-10H,5-6H2,1-4H3;4*1,3-4H2,2H3;2*1H;;/q-2;;;;;;;2*+2/p-2/t7-,8-,9-,10-;;;;;;;;/m1......../s1. The van der Waals surface area contributed by atoms with E-state index in [9.17, 15) is 19.2 Å². The number of carbonyl (C=O) groups excluding carboxylic acids is 4. The molecule has 12 nitrogen and oxygen atoms in total. The van der Waals surface area contributed by atoms with E-state index in [4.69, 9.17) is 34.6 Å². The number of ether oxygens (including phenoxy) is 6. The van der Waals surface area contributed by atoms with E-state index >= 15 is 0 Å². The quantitative estimate of drug-likeness (QED) is 0.0407. The van der Waals surface area contributed by atoms with Gasteiger partial charge in [0, 0.05) is 0 Å². The van der Waals surface area contributed by atoms with Crippen LogP contribution in [0.5, 0.6) is 0 Å². The van der Waals surface area contributed by atoms with Gasteiger partial charge in [-0.1, -0.05) is 0 Å². The van der Waals surface area contributed by atoms with Crippen molar-refractivity contribution in [3.63, 3.8) is 0 Å². The minimum atomic E-state index is -3.54. The van der Waals surface area contributed by atoms with E-state index in [1.165, 1.54) is 28.4 Å². The minimum absolute atomic E-state index is 0.263. The van der Waals surface area contributed by atoms with E-state index < -0.39 is 81.4 Å². The molecule has 0 spiro atoms. The fourth-order valence-electron chi connectivity index (χ4n) is 4.54. The molecule has 0 aliphatic carbocycles. The summed E-state index contributed by atoms with van der Waals surface area (Å²) in [4.78, 5) is 51.8. The maximum absolute atomic E-state index is 13.0. The predicted molar refractivity (Wildman–Crippen MR) is 186 cm³/mol. The van der Waals surface area contributed by atoms with Gasteiger partial charge in [-0.15, -0.1) is 0 Å². The van der Waals surface area contributed by atoms with Crippen LogP contribution >= 0.6 is 25.4 Å². The molecule has 0 unspecified atom stereocenters. The van der Waals surface area contributed by atoms with Gasteiger partial charge in [0.2, 0.25) is 0 Å². The number of hydrogen-bond acceptors (Lipinski definition) is 12. The van der Waals surface area contributed by atoms with Crippen LogP contribution in [-0.2, 0) is 53.7 Å². The van der Waals surface area contributed by atoms with Crippen molar-refractivity contribution in [2.45, 2.75) is 121 Å². The molecule has 0 aromatic rings. The van der Waals surface area contributed by atoms with Gasteiger partial charge >= 0.3 is 299 Å². The molecule has 16 heteroatoms. The van der Waals surface area contributed by atoms with Crippen molar-refractivity contribution >= 4 is 82.4 Å². The molecule has 0 fully saturated rings. The van der Waals surface area contributed by atoms with Gasteiger partial charge in [-0.25, -0.2) is 0 Å². The zero-order valence-corrected chi connectivity index (χ0v) is 37.7. The van der Waals surface area contributed by atoms with Crippen LogP contribution in [-0.4, -0.2) is 123 Å². The second kappa shape index (κ2) is 26.1. The fraction of sp³-hybridized carbons (Fsp3) is 0.867. The molecule has 270 valence electrons. The van der Waals surface area contributed by atoms with Crippen molar-refractivity contribution in [3.05, 3.63) is 0 Å². The molecule has 0 aromatic carbocycles. The Morgan fingerprint density at radius 3 is 0.935 bits per heavy atom. The van der Waals surface area contributed by atoms with Crippen LogP contribution < -0.4 is 0 Å². The number of carbonyl (C=O) groups is 4. The topological polar surface area (TPSA) is 142 Å². The SMILES string of the molecule is CCC[CH2][Sn]([Br])([CH2]CCC)[O][C@@H](C(=O)OC)[C@@H](OCCO[C@@H](C(=O)OC)[C@@H]([O][Sn]([Br])([CH2]CCC)[CH2]CCC)C(=O)OC)C(=O)OC. The first-order valence-corrected chi connectivity index (χ1v) is 39.3. The Bertz CT molecular complexity index is 812. The summed E-state index contributed by atoms with van der Waals surface area (Å²) in [6.45, 7) is 7.78. The number of methoxy groups -OCH3 is 4. The molecule has 0 amide bonds. The van der Waals surface area contributed by atoms with Crippen molar-refractivity contribution in [2.75, 3.05) is 41.7 Å². The van der Waals surface area contributed by atoms with Crippen LogP contribution in [0.1, 0.15) is 79.1 Å². The van der Waals surface area contributed by atoms with Gasteiger partial charge < -0.3 is 0 Å². The second-order valence-electron chi connectivity index (χ2n) is 10.9. The second-order valence-corrected chi connectivity index (χ2v) is 47.5. The first-order chi connectivity index (χ1) is 21.9. The van der Waals surface area contributed by atoms with Crippen LogP contribution in [0.4, 0.5) is 0 Å².